The standard InChI is InChI=1S/C24H21N7O2/c1-15-22-23(31(29-15)19-9-4-3-5-10-19)26-16(2)30(24(22)33)14-21(32)28-25-13-18-12-17-8-6-7-11-20(17)27-18/h3-13,27H,14H2,1-2H3,(H,28,32)/b25-13+. The molecule has 0 spiro atoms. The van der Waals surface area contributed by atoms with Gasteiger partial charge in [0.05, 0.1) is 23.3 Å². The summed E-state index contributed by atoms with van der Waals surface area (Å²) in [5.41, 5.74) is 5.74. The van der Waals surface area contributed by atoms with Crippen molar-refractivity contribution in [3.63, 3.8) is 0 Å². The zero-order valence-electron chi connectivity index (χ0n) is 18.1. The van der Waals surface area contributed by atoms with Crippen molar-refractivity contribution in [2.24, 2.45) is 5.10 Å². The predicted octanol–water partition coefficient (Wildman–Crippen LogP) is 2.83. The van der Waals surface area contributed by atoms with Crippen LogP contribution in [0.4, 0.5) is 0 Å². The van der Waals surface area contributed by atoms with Gasteiger partial charge in [0.25, 0.3) is 11.5 Å². The largest absolute Gasteiger partial charge is 0.354 e. The normalized spacial score (nSPS) is 11.6. The zero-order chi connectivity index (χ0) is 22.9. The van der Waals surface area contributed by atoms with Crippen molar-refractivity contribution < 1.29 is 4.79 Å². The first-order valence-electron chi connectivity index (χ1n) is 10.4. The minimum atomic E-state index is -0.429. The Kier molecular flexibility index (Phi) is 5.06. The van der Waals surface area contributed by atoms with E-state index in [1.54, 1.807) is 18.5 Å². The lowest BCUT2D eigenvalue weighted by atomic mass is 10.2. The van der Waals surface area contributed by atoms with Gasteiger partial charge in [-0.25, -0.2) is 15.1 Å². The Morgan fingerprint density at radius 2 is 1.88 bits per heavy atom. The summed E-state index contributed by atoms with van der Waals surface area (Å²) in [6.45, 7) is 3.25. The highest BCUT2D eigenvalue weighted by Gasteiger charge is 2.18. The number of aromatic amines is 1. The molecule has 3 aromatic heterocycles. The number of nitrogens with zero attached hydrogens (tertiary/aromatic N) is 5. The number of fused-ring (bicyclic) bond motifs is 2. The Morgan fingerprint density at radius 3 is 2.67 bits per heavy atom. The Labute approximate surface area is 188 Å². The second kappa shape index (κ2) is 8.19. The van der Waals surface area contributed by atoms with Crippen LogP contribution in [-0.2, 0) is 11.3 Å². The molecule has 0 bridgehead atoms. The van der Waals surface area contributed by atoms with E-state index in [-0.39, 0.29) is 12.1 Å². The molecule has 164 valence electrons. The van der Waals surface area contributed by atoms with Crippen LogP contribution in [0.5, 0.6) is 0 Å². The number of H-pyrrole nitrogens is 1. The molecule has 5 aromatic rings. The van der Waals surface area contributed by atoms with Gasteiger partial charge in [-0.1, -0.05) is 36.4 Å². The lowest BCUT2D eigenvalue weighted by Crippen LogP contribution is -2.32. The van der Waals surface area contributed by atoms with E-state index in [4.69, 9.17) is 0 Å². The number of aromatic nitrogens is 5. The molecule has 2 N–H and O–H groups in total. The first kappa shape index (κ1) is 20.4. The van der Waals surface area contributed by atoms with E-state index in [9.17, 15) is 9.59 Å². The molecule has 0 radical (unpaired) electrons. The summed E-state index contributed by atoms with van der Waals surface area (Å²) in [7, 11) is 0. The van der Waals surface area contributed by atoms with Crippen LogP contribution in [-0.4, -0.2) is 36.4 Å². The van der Waals surface area contributed by atoms with Gasteiger partial charge in [-0.2, -0.15) is 10.2 Å². The van der Waals surface area contributed by atoms with E-state index in [1.165, 1.54) is 10.8 Å². The number of hydrogen-bond acceptors (Lipinski definition) is 5. The van der Waals surface area contributed by atoms with Crippen LogP contribution in [0.25, 0.3) is 27.6 Å². The summed E-state index contributed by atoms with van der Waals surface area (Å²) in [4.78, 5) is 33.5. The van der Waals surface area contributed by atoms with Gasteiger partial charge in [-0.05, 0) is 38.1 Å². The summed E-state index contributed by atoms with van der Waals surface area (Å²) in [6, 6.07) is 19.3. The molecule has 0 aliphatic heterocycles. The molecule has 0 fully saturated rings. The smallest absolute Gasteiger partial charge is 0.265 e. The number of hydrazone groups is 1. The molecule has 0 aliphatic rings. The molecular formula is C24H21N7O2. The SMILES string of the molecule is Cc1nn(-c2ccccc2)c2nc(C)n(CC(=O)N/N=C/c3cc4ccccc4[nH]3)c(=O)c12. The number of amides is 1. The predicted molar refractivity (Wildman–Crippen MR) is 127 cm³/mol. The summed E-state index contributed by atoms with van der Waals surface area (Å²) < 4.78 is 2.98. The molecule has 9 nitrogen and oxygen atoms in total. The summed E-state index contributed by atoms with van der Waals surface area (Å²) >= 11 is 0. The first-order valence-corrected chi connectivity index (χ1v) is 10.4. The number of para-hydroxylation sites is 2. The number of benzene rings is 2. The van der Waals surface area contributed by atoms with Gasteiger partial charge in [0.1, 0.15) is 17.8 Å². The molecule has 5 rings (SSSR count). The minimum Gasteiger partial charge on any atom is -0.354 e. The van der Waals surface area contributed by atoms with Crippen molar-refractivity contribution in [2.75, 3.05) is 0 Å². The van der Waals surface area contributed by atoms with Gasteiger partial charge in [0, 0.05) is 10.9 Å². The van der Waals surface area contributed by atoms with Crippen LogP contribution in [0.3, 0.4) is 0 Å². The van der Waals surface area contributed by atoms with Crippen LogP contribution < -0.4 is 11.0 Å². The molecule has 1 amide bonds. The molecular weight excluding hydrogens is 418 g/mol. The summed E-state index contributed by atoms with van der Waals surface area (Å²) in [5, 5.41) is 9.95. The number of carbonyl (C=O) groups excluding carboxylic acids is 1. The van der Waals surface area contributed by atoms with Crippen molar-refractivity contribution in [2.45, 2.75) is 20.4 Å². The summed E-state index contributed by atoms with van der Waals surface area (Å²) in [5.74, 6) is -0.0128. The van der Waals surface area contributed by atoms with Crippen molar-refractivity contribution in [1.29, 1.82) is 0 Å². The van der Waals surface area contributed by atoms with Crippen molar-refractivity contribution in [1.82, 2.24) is 29.7 Å². The third-order valence-corrected chi connectivity index (χ3v) is 5.40. The maximum Gasteiger partial charge on any atom is 0.265 e. The Balaban J connectivity index is 1.39. The van der Waals surface area contributed by atoms with E-state index in [0.717, 1.165) is 22.3 Å². The molecule has 0 aliphatic carbocycles. The molecule has 9 heteroatoms. The molecule has 0 saturated carbocycles. The minimum absolute atomic E-state index is 0.201. The second-order valence-electron chi connectivity index (χ2n) is 7.69. The average Bonchev–Trinajstić information content (AvgIpc) is 3.37. The van der Waals surface area contributed by atoms with Gasteiger partial charge < -0.3 is 4.98 Å². The molecule has 33 heavy (non-hydrogen) atoms. The van der Waals surface area contributed by atoms with E-state index < -0.39 is 5.91 Å². The third kappa shape index (κ3) is 3.80. The maximum atomic E-state index is 13.2. The van der Waals surface area contributed by atoms with Crippen LogP contribution >= 0.6 is 0 Å². The van der Waals surface area contributed by atoms with Gasteiger partial charge in [-0.3, -0.25) is 14.2 Å². The Morgan fingerprint density at radius 1 is 1.12 bits per heavy atom. The highest BCUT2D eigenvalue weighted by atomic mass is 16.2. The van der Waals surface area contributed by atoms with Gasteiger partial charge in [0.2, 0.25) is 0 Å². The topological polar surface area (TPSA) is 110 Å². The zero-order valence-corrected chi connectivity index (χ0v) is 18.1. The van der Waals surface area contributed by atoms with Crippen molar-refractivity contribution >= 4 is 34.1 Å². The molecule has 0 saturated heterocycles. The monoisotopic (exact) mass is 439 g/mol. The van der Waals surface area contributed by atoms with Crippen molar-refractivity contribution in [3.05, 3.63) is 88.2 Å². The van der Waals surface area contributed by atoms with Crippen LogP contribution in [0.15, 0.2) is 70.6 Å². The fourth-order valence-electron chi connectivity index (χ4n) is 3.82. The van der Waals surface area contributed by atoms with Crippen LogP contribution in [0.1, 0.15) is 17.2 Å². The van der Waals surface area contributed by atoms with Crippen LogP contribution in [0, 0.1) is 13.8 Å². The van der Waals surface area contributed by atoms with Gasteiger partial charge in [-0.15, -0.1) is 0 Å². The van der Waals surface area contributed by atoms with E-state index in [2.05, 4.69) is 25.6 Å². The lowest BCUT2D eigenvalue weighted by Gasteiger charge is -2.09. The first-order chi connectivity index (χ1) is 16.0. The molecule has 2 aromatic carbocycles. The average molecular weight is 439 g/mol. The number of nitrogens with one attached hydrogen (secondary N) is 2. The second-order valence-corrected chi connectivity index (χ2v) is 7.69. The molecule has 0 unspecified atom stereocenters. The molecule has 3 heterocycles. The van der Waals surface area contributed by atoms with Gasteiger partial charge in [0.15, 0.2) is 5.65 Å². The maximum absolute atomic E-state index is 13.2. The highest BCUT2D eigenvalue weighted by Crippen LogP contribution is 2.18. The number of carbonyl (C=O) groups is 1. The van der Waals surface area contributed by atoms with Gasteiger partial charge >= 0.3 is 0 Å². The van der Waals surface area contributed by atoms with E-state index in [1.807, 2.05) is 60.7 Å². The number of aryl methyl sites for hydroxylation is 2. The number of rotatable bonds is 5. The highest BCUT2D eigenvalue weighted by molar-refractivity contribution is 5.90. The lowest BCUT2D eigenvalue weighted by molar-refractivity contribution is -0.121. The fraction of sp³-hybridized carbons (Fsp3) is 0.125. The quantitative estimate of drug-likeness (QED) is 0.324. The van der Waals surface area contributed by atoms with Crippen molar-refractivity contribution in [3.8, 4) is 5.69 Å². The number of hydrogen-bond donors (Lipinski definition) is 2. The Bertz CT molecular complexity index is 1540. The fourth-order valence-corrected chi connectivity index (χ4v) is 3.82. The molecule has 0 atom stereocenters. The van der Waals surface area contributed by atoms with Crippen LogP contribution in [0.2, 0.25) is 0 Å². The van der Waals surface area contributed by atoms with E-state index in [0.29, 0.717) is 22.6 Å². The van der Waals surface area contributed by atoms with E-state index >= 15 is 0 Å². The summed E-state index contributed by atoms with van der Waals surface area (Å²) in [6.07, 6.45) is 1.53. The third-order valence-electron chi connectivity index (χ3n) is 5.40. The Hall–Kier alpha value is -4.53.